The van der Waals surface area contributed by atoms with Crippen molar-refractivity contribution in [1.29, 1.82) is 0 Å². The molecule has 3 nitrogen and oxygen atoms in total. The van der Waals surface area contributed by atoms with Gasteiger partial charge in [0.15, 0.2) is 0 Å². The van der Waals surface area contributed by atoms with Gasteiger partial charge < -0.3 is 10.4 Å². The highest BCUT2D eigenvalue weighted by Crippen LogP contribution is 2.20. The average molecular weight is 300 g/mol. The topological polar surface area (TPSA) is 49.3 Å². The van der Waals surface area contributed by atoms with Crippen molar-refractivity contribution in [2.45, 2.75) is 20.3 Å². The Balaban J connectivity index is 2.56. The Labute approximate surface area is 110 Å². The van der Waals surface area contributed by atoms with E-state index in [0.717, 1.165) is 11.8 Å². The smallest absolute Gasteiger partial charge is 0.251 e. The van der Waals surface area contributed by atoms with E-state index in [9.17, 15) is 9.90 Å². The molecule has 0 atom stereocenters. The van der Waals surface area contributed by atoms with Crippen LogP contribution in [0.15, 0.2) is 24.3 Å². The van der Waals surface area contributed by atoms with Gasteiger partial charge in [0.05, 0.1) is 0 Å². The van der Waals surface area contributed by atoms with E-state index in [1.165, 1.54) is 6.07 Å². The highest BCUT2D eigenvalue weighted by atomic mass is 79.9. The molecule has 94 valence electrons. The Morgan fingerprint density at radius 3 is 2.76 bits per heavy atom. The molecule has 0 aliphatic heterocycles. The SMILES string of the molecule is CC(C)(CCBr)CNC(=O)c1cccc(O)c1. The number of phenols is 1. The summed E-state index contributed by atoms with van der Waals surface area (Å²) in [6.45, 7) is 4.83. The summed E-state index contributed by atoms with van der Waals surface area (Å²) in [7, 11) is 0. The van der Waals surface area contributed by atoms with Crippen LogP contribution in [-0.4, -0.2) is 22.9 Å². The molecule has 1 rings (SSSR count). The predicted molar refractivity (Wildman–Crippen MR) is 72.6 cm³/mol. The molecule has 4 heteroatoms. The number of carbonyl (C=O) groups excluding carboxylic acids is 1. The van der Waals surface area contributed by atoms with E-state index in [1.54, 1.807) is 18.2 Å². The second kappa shape index (κ2) is 6.05. The molecule has 17 heavy (non-hydrogen) atoms. The van der Waals surface area contributed by atoms with E-state index in [1.807, 2.05) is 0 Å². The second-order valence-electron chi connectivity index (χ2n) is 4.84. The lowest BCUT2D eigenvalue weighted by Gasteiger charge is -2.23. The third-order valence-electron chi connectivity index (χ3n) is 2.61. The largest absolute Gasteiger partial charge is 0.508 e. The fraction of sp³-hybridized carbons (Fsp3) is 0.462. The van der Waals surface area contributed by atoms with Gasteiger partial charge in [-0.2, -0.15) is 0 Å². The summed E-state index contributed by atoms with van der Waals surface area (Å²) in [4.78, 5) is 11.8. The van der Waals surface area contributed by atoms with Gasteiger partial charge in [0.1, 0.15) is 5.75 Å². The van der Waals surface area contributed by atoms with Crippen LogP contribution in [0.2, 0.25) is 0 Å². The Morgan fingerprint density at radius 2 is 2.18 bits per heavy atom. The molecular formula is C13H18BrNO2. The Bertz CT molecular complexity index is 391. The van der Waals surface area contributed by atoms with Crippen LogP contribution in [-0.2, 0) is 0 Å². The number of benzene rings is 1. The molecule has 0 aromatic heterocycles. The minimum absolute atomic E-state index is 0.0655. The van der Waals surface area contributed by atoms with Crippen molar-refractivity contribution in [2.24, 2.45) is 5.41 Å². The molecule has 2 N–H and O–H groups in total. The molecule has 0 unspecified atom stereocenters. The quantitative estimate of drug-likeness (QED) is 0.821. The zero-order chi connectivity index (χ0) is 12.9. The monoisotopic (exact) mass is 299 g/mol. The fourth-order valence-electron chi connectivity index (χ4n) is 1.41. The number of hydrogen-bond acceptors (Lipinski definition) is 2. The van der Waals surface area contributed by atoms with Crippen molar-refractivity contribution in [3.8, 4) is 5.75 Å². The summed E-state index contributed by atoms with van der Waals surface area (Å²) in [6, 6.07) is 6.36. The number of aromatic hydroxyl groups is 1. The average Bonchev–Trinajstić information content (AvgIpc) is 2.26. The molecule has 0 bridgehead atoms. The van der Waals surface area contributed by atoms with Gasteiger partial charge in [0, 0.05) is 17.4 Å². The molecule has 0 radical (unpaired) electrons. The predicted octanol–water partition coefficient (Wildman–Crippen LogP) is 2.93. The third kappa shape index (κ3) is 4.77. The normalized spacial score (nSPS) is 11.2. The van der Waals surface area contributed by atoms with E-state index in [4.69, 9.17) is 0 Å². The number of hydrogen-bond donors (Lipinski definition) is 2. The van der Waals surface area contributed by atoms with Crippen molar-refractivity contribution in [3.63, 3.8) is 0 Å². The fourth-order valence-corrected chi connectivity index (χ4v) is 2.49. The van der Waals surface area contributed by atoms with Crippen LogP contribution in [0.5, 0.6) is 5.75 Å². The van der Waals surface area contributed by atoms with Gasteiger partial charge in [0.25, 0.3) is 5.91 Å². The highest BCUT2D eigenvalue weighted by molar-refractivity contribution is 9.09. The lowest BCUT2D eigenvalue weighted by Crippen LogP contribution is -2.34. The zero-order valence-electron chi connectivity index (χ0n) is 10.2. The number of nitrogens with one attached hydrogen (secondary N) is 1. The lowest BCUT2D eigenvalue weighted by atomic mass is 9.90. The summed E-state index contributed by atoms with van der Waals surface area (Å²) in [5, 5.41) is 13.1. The summed E-state index contributed by atoms with van der Waals surface area (Å²) in [5.41, 5.74) is 0.551. The second-order valence-corrected chi connectivity index (χ2v) is 5.63. The highest BCUT2D eigenvalue weighted by Gasteiger charge is 2.18. The maximum atomic E-state index is 11.8. The summed E-state index contributed by atoms with van der Waals surface area (Å²) in [5.74, 6) is -0.0408. The van der Waals surface area contributed by atoms with Gasteiger partial charge in [-0.3, -0.25) is 4.79 Å². The first-order chi connectivity index (χ1) is 7.94. The minimum atomic E-state index is -0.149. The van der Waals surface area contributed by atoms with Crippen LogP contribution in [0, 0.1) is 5.41 Å². The van der Waals surface area contributed by atoms with Crippen LogP contribution in [0.1, 0.15) is 30.6 Å². The Kier molecular flexibility index (Phi) is 5.00. The molecule has 0 spiro atoms. The van der Waals surface area contributed by atoms with E-state index < -0.39 is 0 Å². The molecule has 0 fully saturated rings. The summed E-state index contributed by atoms with van der Waals surface area (Å²) in [6.07, 6.45) is 0.993. The van der Waals surface area contributed by atoms with Crippen molar-refractivity contribution in [1.82, 2.24) is 5.32 Å². The molecule has 0 aliphatic rings. The number of alkyl halides is 1. The van der Waals surface area contributed by atoms with E-state index in [2.05, 4.69) is 35.1 Å². The van der Waals surface area contributed by atoms with Crippen LogP contribution in [0.3, 0.4) is 0 Å². The number of rotatable bonds is 5. The number of carbonyl (C=O) groups is 1. The molecule has 1 amide bonds. The van der Waals surface area contributed by atoms with Crippen molar-refractivity contribution in [2.75, 3.05) is 11.9 Å². The van der Waals surface area contributed by atoms with Crippen molar-refractivity contribution < 1.29 is 9.90 Å². The van der Waals surface area contributed by atoms with E-state index >= 15 is 0 Å². The van der Waals surface area contributed by atoms with Crippen molar-refractivity contribution >= 4 is 21.8 Å². The molecule has 1 aromatic rings. The zero-order valence-corrected chi connectivity index (χ0v) is 11.8. The molecule has 0 aliphatic carbocycles. The van der Waals surface area contributed by atoms with E-state index in [0.29, 0.717) is 12.1 Å². The maximum Gasteiger partial charge on any atom is 0.251 e. The standard InChI is InChI=1S/C13H18BrNO2/c1-13(2,6-7-14)9-15-12(17)10-4-3-5-11(16)8-10/h3-5,8,16H,6-7,9H2,1-2H3,(H,15,17). The maximum absolute atomic E-state index is 11.8. The third-order valence-corrected chi connectivity index (χ3v) is 3.00. The van der Waals surface area contributed by atoms with Crippen LogP contribution in [0.25, 0.3) is 0 Å². The van der Waals surface area contributed by atoms with Crippen molar-refractivity contribution in [3.05, 3.63) is 29.8 Å². The van der Waals surface area contributed by atoms with Gasteiger partial charge >= 0.3 is 0 Å². The van der Waals surface area contributed by atoms with Gasteiger partial charge in [-0.15, -0.1) is 0 Å². The molecule has 0 saturated carbocycles. The molecule has 0 heterocycles. The van der Waals surface area contributed by atoms with Gasteiger partial charge in [-0.05, 0) is 30.0 Å². The Hall–Kier alpha value is -1.03. The first-order valence-electron chi connectivity index (χ1n) is 5.58. The summed E-state index contributed by atoms with van der Waals surface area (Å²) >= 11 is 3.40. The number of amides is 1. The van der Waals surface area contributed by atoms with Gasteiger partial charge in [-0.25, -0.2) is 0 Å². The first kappa shape index (κ1) is 14.0. The van der Waals surface area contributed by atoms with Crippen LogP contribution >= 0.6 is 15.9 Å². The number of phenolic OH excluding ortho intramolecular Hbond substituents is 1. The molecule has 0 saturated heterocycles. The van der Waals surface area contributed by atoms with E-state index in [-0.39, 0.29) is 17.1 Å². The summed E-state index contributed by atoms with van der Waals surface area (Å²) < 4.78 is 0. The number of halogens is 1. The Morgan fingerprint density at radius 1 is 1.47 bits per heavy atom. The lowest BCUT2D eigenvalue weighted by molar-refractivity contribution is 0.0935. The van der Waals surface area contributed by atoms with Crippen LogP contribution < -0.4 is 5.32 Å². The first-order valence-corrected chi connectivity index (χ1v) is 6.70. The molecule has 1 aromatic carbocycles. The van der Waals surface area contributed by atoms with Crippen LogP contribution in [0.4, 0.5) is 0 Å². The minimum Gasteiger partial charge on any atom is -0.508 e. The van der Waals surface area contributed by atoms with Gasteiger partial charge in [-0.1, -0.05) is 35.8 Å². The molecular weight excluding hydrogens is 282 g/mol. The van der Waals surface area contributed by atoms with Gasteiger partial charge in [0.2, 0.25) is 0 Å².